The number of aromatic nitrogens is 1. The van der Waals surface area contributed by atoms with Gasteiger partial charge in [0.05, 0.1) is 18.1 Å². The number of anilines is 2. The molecule has 6 nitrogen and oxygen atoms in total. The van der Waals surface area contributed by atoms with E-state index in [1.807, 2.05) is 0 Å². The largest absolute Gasteiger partial charge is 0.384 e. The van der Waals surface area contributed by atoms with E-state index in [-0.39, 0.29) is 0 Å². The van der Waals surface area contributed by atoms with E-state index >= 15 is 0 Å². The van der Waals surface area contributed by atoms with Gasteiger partial charge in [-0.25, -0.2) is 18.1 Å². The van der Waals surface area contributed by atoms with Crippen LogP contribution >= 0.6 is 0 Å². The zero-order valence-electron chi connectivity index (χ0n) is 8.40. The van der Waals surface area contributed by atoms with Crippen molar-refractivity contribution in [2.24, 2.45) is 0 Å². The van der Waals surface area contributed by atoms with Crippen LogP contribution in [0.25, 0.3) is 0 Å². The molecule has 0 fully saturated rings. The number of pyridine rings is 1. The Morgan fingerprint density at radius 3 is 2.67 bits per heavy atom. The van der Waals surface area contributed by atoms with Gasteiger partial charge in [-0.15, -0.1) is 0 Å². The summed E-state index contributed by atoms with van der Waals surface area (Å²) in [5.41, 5.74) is 6.21. The smallest absolute Gasteiger partial charge is 0.208 e. The molecule has 0 saturated carbocycles. The Morgan fingerprint density at radius 2 is 2.13 bits per heavy atom. The van der Waals surface area contributed by atoms with Crippen molar-refractivity contribution < 1.29 is 8.42 Å². The summed E-state index contributed by atoms with van der Waals surface area (Å²) in [6.07, 6.45) is 2.72. The highest BCUT2D eigenvalue weighted by atomic mass is 32.2. The summed E-state index contributed by atoms with van der Waals surface area (Å²) >= 11 is 0. The molecule has 0 aliphatic heterocycles. The molecular weight excluding hydrogens is 216 g/mol. The highest BCUT2D eigenvalue weighted by Crippen LogP contribution is 2.05. The second-order valence-corrected chi connectivity index (χ2v) is 4.90. The van der Waals surface area contributed by atoms with Gasteiger partial charge in [-0.05, 0) is 12.1 Å². The molecule has 0 saturated heterocycles. The second-order valence-electron chi connectivity index (χ2n) is 3.07. The van der Waals surface area contributed by atoms with Crippen LogP contribution in [0.3, 0.4) is 0 Å². The standard InChI is InChI=1S/C8H14N4O2S/c1-15(13,14)12-5-4-10-7-2-3-8(9)11-6-7/h2-3,6,10,12H,4-5H2,1H3,(H2,9,11). The van der Waals surface area contributed by atoms with E-state index in [1.54, 1.807) is 18.3 Å². The summed E-state index contributed by atoms with van der Waals surface area (Å²) in [5.74, 6) is 0.454. The molecule has 0 aliphatic rings. The summed E-state index contributed by atoms with van der Waals surface area (Å²) in [6, 6.07) is 3.45. The van der Waals surface area contributed by atoms with Crippen molar-refractivity contribution >= 4 is 21.5 Å². The number of nitrogens with zero attached hydrogens (tertiary/aromatic N) is 1. The van der Waals surface area contributed by atoms with Crippen molar-refractivity contribution in [3.05, 3.63) is 18.3 Å². The van der Waals surface area contributed by atoms with Crippen LogP contribution in [-0.2, 0) is 10.0 Å². The van der Waals surface area contributed by atoms with Gasteiger partial charge in [0.25, 0.3) is 0 Å². The Labute approximate surface area is 88.9 Å². The third-order valence-corrected chi connectivity index (χ3v) is 2.33. The Hall–Kier alpha value is -1.34. The van der Waals surface area contributed by atoms with Gasteiger partial charge in [-0.1, -0.05) is 0 Å². The van der Waals surface area contributed by atoms with Crippen molar-refractivity contribution in [2.45, 2.75) is 0 Å². The van der Waals surface area contributed by atoms with E-state index in [0.29, 0.717) is 18.9 Å². The van der Waals surface area contributed by atoms with E-state index in [1.165, 1.54) is 0 Å². The van der Waals surface area contributed by atoms with Gasteiger partial charge in [-0.3, -0.25) is 0 Å². The molecule has 0 radical (unpaired) electrons. The first kappa shape index (κ1) is 11.7. The van der Waals surface area contributed by atoms with Crippen LogP contribution < -0.4 is 15.8 Å². The molecule has 1 aromatic heterocycles. The van der Waals surface area contributed by atoms with Gasteiger partial charge >= 0.3 is 0 Å². The zero-order valence-corrected chi connectivity index (χ0v) is 9.21. The van der Waals surface area contributed by atoms with E-state index in [0.717, 1.165) is 11.9 Å². The van der Waals surface area contributed by atoms with E-state index < -0.39 is 10.0 Å². The first-order chi connectivity index (χ1) is 6.97. The highest BCUT2D eigenvalue weighted by Gasteiger charge is 1.98. The maximum Gasteiger partial charge on any atom is 0.208 e. The van der Waals surface area contributed by atoms with Crippen LogP contribution in [0.5, 0.6) is 0 Å². The molecule has 1 heterocycles. The van der Waals surface area contributed by atoms with E-state index in [2.05, 4.69) is 15.0 Å². The number of sulfonamides is 1. The van der Waals surface area contributed by atoms with Crippen LogP contribution in [0.15, 0.2) is 18.3 Å². The molecule has 1 rings (SSSR count). The number of rotatable bonds is 5. The highest BCUT2D eigenvalue weighted by molar-refractivity contribution is 7.88. The fourth-order valence-electron chi connectivity index (χ4n) is 0.953. The fourth-order valence-corrected chi connectivity index (χ4v) is 1.43. The van der Waals surface area contributed by atoms with Crippen molar-refractivity contribution in [1.82, 2.24) is 9.71 Å². The third kappa shape index (κ3) is 5.18. The number of hydrogen-bond acceptors (Lipinski definition) is 5. The maximum atomic E-state index is 10.7. The average Bonchev–Trinajstić information content (AvgIpc) is 2.14. The van der Waals surface area contributed by atoms with Crippen molar-refractivity contribution in [3.8, 4) is 0 Å². The summed E-state index contributed by atoms with van der Waals surface area (Å²) in [7, 11) is -3.11. The topological polar surface area (TPSA) is 97.1 Å². The van der Waals surface area contributed by atoms with Crippen molar-refractivity contribution in [1.29, 1.82) is 0 Å². The second kappa shape index (κ2) is 4.94. The first-order valence-electron chi connectivity index (χ1n) is 4.37. The molecule has 4 N–H and O–H groups in total. The van der Waals surface area contributed by atoms with Gasteiger partial charge in [0.2, 0.25) is 10.0 Å². The van der Waals surface area contributed by atoms with Crippen molar-refractivity contribution in [2.75, 3.05) is 30.4 Å². The molecule has 0 spiro atoms. The van der Waals surface area contributed by atoms with Crippen LogP contribution in [0, 0.1) is 0 Å². The molecule has 0 atom stereocenters. The molecular formula is C8H14N4O2S. The molecule has 0 unspecified atom stereocenters. The maximum absolute atomic E-state index is 10.7. The number of nitrogens with two attached hydrogens (primary N) is 1. The van der Waals surface area contributed by atoms with Crippen LogP contribution in [-0.4, -0.2) is 32.7 Å². The SMILES string of the molecule is CS(=O)(=O)NCCNc1ccc(N)nc1. The monoisotopic (exact) mass is 230 g/mol. The summed E-state index contributed by atoms with van der Waals surface area (Å²) < 4.78 is 23.8. The Morgan fingerprint density at radius 1 is 1.40 bits per heavy atom. The number of hydrogen-bond donors (Lipinski definition) is 3. The predicted molar refractivity (Wildman–Crippen MR) is 60.0 cm³/mol. The molecule has 0 bridgehead atoms. The lowest BCUT2D eigenvalue weighted by Gasteiger charge is -2.06. The summed E-state index contributed by atoms with van der Waals surface area (Å²) in [5, 5.41) is 3.00. The lowest BCUT2D eigenvalue weighted by Crippen LogP contribution is -2.27. The van der Waals surface area contributed by atoms with Gasteiger partial charge in [0.15, 0.2) is 0 Å². The molecule has 1 aromatic rings. The number of nitrogen functional groups attached to an aromatic ring is 1. The van der Waals surface area contributed by atoms with Crippen molar-refractivity contribution in [3.63, 3.8) is 0 Å². The molecule has 0 aliphatic carbocycles. The normalized spacial score (nSPS) is 11.3. The number of nitrogens with one attached hydrogen (secondary N) is 2. The van der Waals surface area contributed by atoms with Crippen LogP contribution in [0.2, 0.25) is 0 Å². The minimum absolute atomic E-state index is 0.337. The predicted octanol–water partition coefficient (Wildman–Crippen LogP) is -0.375. The quantitative estimate of drug-likeness (QED) is 0.599. The lowest BCUT2D eigenvalue weighted by molar-refractivity contribution is 0.589. The Kier molecular flexibility index (Phi) is 3.87. The zero-order chi connectivity index (χ0) is 11.3. The Balaban J connectivity index is 2.29. The molecule has 0 aromatic carbocycles. The van der Waals surface area contributed by atoms with Crippen LogP contribution in [0.1, 0.15) is 0 Å². The van der Waals surface area contributed by atoms with Gasteiger partial charge in [0.1, 0.15) is 5.82 Å². The molecule has 0 amide bonds. The van der Waals surface area contributed by atoms with Gasteiger partial charge in [-0.2, -0.15) is 0 Å². The first-order valence-corrected chi connectivity index (χ1v) is 6.26. The molecule has 84 valence electrons. The lowest BCUT2D eigenvalue weighted by atomic mass is 10.4. The minimum atomic E-state index is -3.11. The fraction of sp³-hybridized carbons (Fsp3) is 0.375. The van der Waals surface area contributed by atoms with Gasteiger partial charge in [0, 0.05) is 13.1 Å². The third-order valence-electron chi connectivity index (χ3n) is 1.60. The van der Waals surface area contributed by atoms with E-state index in [9.17, 15) is 8.42 Å². The summed E-state index contributed by atoms with van der Waals surface area (Å²) in [4.78, 5) is 3.88. The Bertz CT molecular complexity index is 401. The molecule has 15 heavy (non-hydrogen) atoms. The molecule has 7 heteroatoms. The van der Waals surface area contributed by atoms with E-state index in [4.69, 9.17) is 5.73 Å². The van der Waals surface area contributed by atoms with Crippen LogP contribution in [0.4, 0.5) is 11.5 Å². The average molecular weight is 230 g/mol. The summed E-state index contributed by atoms with van der Waals surface area (Å²) in [6.45, 7) is 0.835. The van der Waals surface area contributed by atoms with Gasteiger partial charge < -0.3 is 11.1 Å². The minimum Gasteiger partial charge on any atom is -0.384 e.